The van der Waals surface area contributed by atoms with Crippen molar-refractivity contribution in [3.63, 3.8) is 0 Å². The molecule has 0 aliphatic rings. The van der Waals surface area contributed by atoms with Crippen molar-refractivity contribution < 1.29 is 9.90 Å². The number of aromatic nitrogens is 2. The Morgan fingerprint density at radius 2 is 2.33 bits per heavy atom. The van der Waals surface area contributed by atoms with Crippen LogP contribution >= 0.6 is 33.9 Å². The van der Waals surface area contributed by atoms with Gasteiger partial charge in [-0.05, 0) is 46.5 Å². The monoisotopic (exact) mass is 376 g/mol. The van der Waals surface area contributed by atoms with Crippen LogP contribution in [-0.2, 0) is 6.54 Å². The average molecular weight is 376 g/mol. The summed E-state index contributed by atoms with van der Waals surface area (Å²) in [4.78, 5) is 27.4. The first-order valence-corrected chi connectivity index (χ1v) is 6.98. The molecule has 5 nitrogen and oxygen atoms in total. The van der Waals surface area contributed by atoms with Gasteiger partial charge in [0.15, 0.2) is 0 Å². The lowest BCUT2D eigenvalue weighted by Crippen LogP contribution is -2.26. The molecule has 2 rings (SSSR count). The Morgan fingerprint density at radius 3 is 3.00 bits per heavy atom. The molecule has 0 atom stereocenters. The van der Waals surface area contributed by atoms with Gasteiger partial charge in [0.2, 0.25) is 0 Å². The summed E-state index contributed by atoms with van der Waals surface area (Å²) in [6, 6.07) is 1.72. The molecular formula is C11H9IN2O3S. The predicted molar refractivity (Wildman–Crippen MR) is 76.3 cm³/mol. The van der Waals surface area contributed by atoms with Crippen LogP contribution in [0, 0.1) is 10.5 Å². The number of aryl methyl sites for hydroxylation is 1. The molecule has 0 radical (unpaired) electrons. The summed E-state index contributed by atoms with van der Waals surface area (Å²) < 4.78 is 2.00. The summed E-state index contributed by atoms with van der Waals surface area (Å²) in [7, 11) is 0. The zero-order valence-electron chi connectivity index (χ0n) is 9.38. The first kappa shape index (κ1) is 13.2. The van der Waals surface area contributed by atoms with Gasteiger partial charge in [-0.25, -0.2) is 9.78 Å². The third kappa shape index (κ3) is 2.46. The van der Waals surface area contributed by atoms with Crippen molar-refractivity contribution in [3.8, 4) is 0 Å². The van der Waals surface area contributed by atoms with E-state index < -0.39 is 5.97 Å². The normalized spacial score (nSPS) is 10.6. The molecular weight excluding hydrogens is 367 g/mol. The number of carboxylic acid groups (broad SMARTS) is 1. The summed E-state index contributed by atoms with van der Waals surface area (Å²) >= 11 is 3.08. The number of hydrogen-bond acceptors (Lipinski definition) is 4. The molecule has 0 unspecified atom stereocenters. The Hall–Kier alpha value is -1.22. The summed E-state index contributed by atoms with van der Waals surface area (Å²) in [5.74, 6) is -0.396. The Morgan fingerprint density at radius 1 is 1.61 bits per heavy atom. The zero-order valence-corrected chi connectivity index (χ0v) is 12.4. The molecule has 0 aliphatic carbocycles. The van der Waals surface area contributed by atoms with Gasteiger partial charge in [0.25, 0.3) is 5.56 Å². The molecule has 0 aliphatic heterocycles. The largest absolute Gasteiger partial charge is 0.477 e. The quantitative estimate of drug-likeness (QED) is 0.832. The third-order valence-electron chi connectivity index (χ3n) is 2.47. The Labute approximate surface area is 120 Å². The maximum absolute atomic E-state index is 12.0. The van der Waals surface area contributed by atoms with Crippen molar-refractivity contribution in [3.05, 3.63) is 47.8 Å². The minimum atomic E-state index is -0.968. The Bertz CT molecular complexity index is 663. The van der Waals surface area contributed by atoms with Crippen LogP contribution in [0.2, 0.25) is 0 Å². The number of thiophene rings is 1. The lowest BCUT2D eigenvalue weighted by atomic mass is 10.2. The molecule has 94 valence electrons. The molecule has 0 aromatic carbocycles. The van der Waals surface area contributed by atoms with E-state index in [1.807, 2.05) is 22.6 Å². The van der Waals surface area contributed by atoms with E-state index in [2.05, 4.69) is 4.98 Å². The smallest absolute Gasteiger partial charge is 0.346 e. The van der Waals surface area contributed by atoms with Gasteiger partial charge in [-0.2, -0.15) is 0 Å². The molecule has 0 bridgehead atoms. The number of nitrogens with zero attached hydrogens (tertiary/aromatic N) is 2. The molecule has 1 N–H and O–H groups in total. The number of hydrogen-bond donors (Lipinski definition) is 1. The highest BCUT2D eigenvalue weighted by atomic mass is 127. The van der Waals surface area contributed by atoms with Crippen molar-refractivity contribution in [2.75, 3.05) is 0 Å². The van der Waals surface area contributed by atoms with E-state index in [1.54, 1.807) is 18.4 Å². The second-order valence-electron chi connectivity index (χ2n) is 3.62. The van der Waals surface area contributed by atoms with E-state index in [0.717, 1.165) is 11.3 Å². The first-order valence-electron chi connectivity index (χ1n) is 5.02. The van der Waals surface area contributed by atoms with E-state index >= 15 is 0 Å². The van der Waals surface area contributed by atoms with Crippen LogP contribution in [0.15, 0.2) is 22.4 Å². The molecule has 0 saturated carbocycles. The third-order valence-corrected chi connectivity index (χ3v) is 4.16. The molecule has 18 heavy (non-hydrogen) atoms. The zero-order chi connectivity index (χ0) is 13.3. The van der Waals surface area contributed by atoms with Crippen LogP contribution in [0.4, 0.5) is 0 Å². The van der Waals surface area contributed by atoms with Crippen molar-refractivity contribution in [2.24, 2.45) is 0 Å². The molecule has 0 spiro atoms. The molecule has 2 heterocycles. The van der Waals surface area contributed by atoms with Gasteiger partial charge in [0.1, 0.15) is 10.7 Å². The topological polar surface area (TPSA) is 72.2 Å². The lowest BCUT2D eigenvalue weighted by molar-refractivity contribution is 0.0701. The van der Waals surface area contributed by atoms with Crippen molar-refractivity contribution in [2.45, 2.75) is 13.5 Å². The number of halogens is 1. The fraction of sp³-hybridized carbons (Fsp3) is 0.182. The Kier molecular flexibility index (Phi) is 3.81. The second-order valence-corrected chi connectivity index (χ2v) is 5.70. The summed E-state index contributed by atoms with van der Waals surface area (Å²) in [5.41, 5.74) is 0.479. The van der Waals surface area contributed by atoms with E-state index in [0.29, 0.717) is 15.0 Å². The van der Waals surface area contributed by atoms with Gasteiger partial charge in [0, 0.05) is 6.20 Å². The average Bonchev–Trinajstić information content (AvgIpc) is 2.78. The number of aromatic carboxylic acids is 1. The SMILES string of the molecule is Cc1ncc(I)c(=O)n1Cc1ccsc1C(=O)O. The first-order chi connectivity index (χ1) is 8.50. The fourth-order valence-electron chi connectivity index (χ4n) is 1.56. The van der Waals surface area contributed by atoms with Crippen LogP contribution in [0.1, 0.15) is 21.1 Å². The van der Waals surface area contributed by atoms with Gasteiger partial charge in [-0.1, -0.05) is 0 Å². The standard InChI is InChI=1S/C11H9IN2O3S/c1-6-13-4-8(12)10(15)14(6)5-7-2-3-18-9(7)11(16)17/h2-4H,5H2,1H3,(H,16,17). The fourth-order valence-corrected chi connectivity index (χ4v) is 2.74. The van der Waals surface area contributed by atoms with Crippen molar-refractivity contribution in [1.82, 2.24) is 9.55 Å². The summed E-state index contributed by atoms with van der Waals surface area (Å²) in [6.45, 7) is 1.96. The Balaban J connectivity index is 2.47. The minimum absolute atomic E-state index is 0.148. The van der Waals surface area contributed by atoms with Crippen LogP contribution < -0.4 is 5.56 Å². The number of rotatable bonds is 3. The summed E-state index contributed by atoms with van der Waals surface area (Å²) in [6.07, 6.45) is 1.51. The van der Waals surface area contributed by atoms with Gasteiger partial charge in [-0.15, -0.1) is 11.3 Å². The van der Waals surface area contributed by atoms with Crippen LogP contribution in [0.25, 0.3) is 0 Å². The number of carbonyl (C=O) groups is 1. The van der Waals surface area contributed by atoms with Crippen LogP contribution in [-0.4, -0.2) is 20.6 Å². The maximum atomic E-state index is 12.0. The van der Waals surface area contributed by atoms with E-state index in [9.17, 15) is 9.59 Å². The molecule has 2 aromatic heterocycles. The van der Waals surface area contributed by atoms with Crippen molar-refractivity contribution >= 4 is 39.9 Å². The summed E-state index contributed by atoms with van der Waals surface area (Å²) in [5, 5.41) is 10.7. The van der Waals surface area contributed by atoms with Crippen LogP contribution in [0.3, 0.4) is 0 Å². The molecule has 2 aromatic rings. The molecule has 0 saturated heterocycles. The van der Waals surface area contributed by atoms with E-state index in [1.165, 1.54) is 10.8 Å². The van der Waals surface area contributed by atoms with Gasteiger partial charge in [-0.3, -0.25) is 9.36 Å². The molecule has 0 fully saturated rings. The predicted octanol–water partition coefficient (Wildman–Crippen LogP) is 1.96. The lowest BCUT2D eigenvalue weighted by Gasteiger charge is -2.08. The highest BCUT2D eigenvalue weighted by Crippen LogP contribution is 2.17. The van der Waals surface area contributed by atoms with Gasteiger partial charge in [0.05, 0.1) is 10.1 Å². The highest BCUT2D eigenvalue weighted by Gasteiger charge is 2.14. The number of carboxylic acids is 1. The van der Waals surface area contributed by atoms with Crippen molar-refractivity contribution in [1.29, 1.82) is 0 Å². The van der Waals surface area contributed by atoms with Gasteiger partial charge < -0.3 is 5.11 Å². The highest BCUT2D eigenvalue weighted by molar-refractivity contribution is 14.1. The van der Waals surface area contributed by atoms with E-state index in [4.69, 9.17) is 5.11 Å². The van der Waals surface area contributed by atoms with E-state index in [-0.39, 0.29) is 17.0 Å². The molecule has 7 heteroatoms. The van der Waals surface area contributed by atoms with Crippen LogP contribution in [0.5, 0.6) is 0 Å². The second kappa shape index (κ2) is 5.19. The van der Waals surface area contributed by atoms with Gasteiger partial charge >= 0.3 is 5.97 Å². The maximum Gasteiger partial charge on any atom is 0.346 e. The molecule has 0 amide bonds. The minimum Gasteiger partial charge on any atom is -0.477 e.